The molecule has 0 aliphatic heterocycles. The summed E-state index contributed by atoms with van der Waals surface area (Å²) in [4.78, 5) is 20.3. The summed E-state index contributed by atoms with van der Waals surface area (Å²) in [6.07, 6.45) is 1.67. The average molecular weight is 321 g/mol. The molecule has 1 aromatic carbocycles. The number of aromatic nitrogens is 2. The Balaban J connectivity index is 2.08. The monoisotopic (exact) mass is 320 g/mol. The van der Waals surface area contributed by atoms with Crippen molar-refractivity contribution in [2.24, 2.45) is 0 Å². The van der Waals surface area contributed by atoms with Crippen LogP contribution in [0.2, 0.25) is 0 Å². The number of rotatable bonds is 3. The molecule has 1 heterocycles. The van der Waals surface area contributed by atoms with E-state index in [1.807, 2.05) is 0 Å². The maximum Gasteiger partial charge on any atom is 0.252 e. The molecule has 5 nitrogen and oxygen atoms in total. The molecule has 0 fully saturated rings. The highest BCUT2D eigenvalue weighted by molar-refractivity contribution is 9.10. The van der Waals surface area contributed by atoms with Gasteiger partial charge in [0.05, 0.1) is 22.3 Å². The van der Waals surface area contributed by atoms with Gasteiger partial charge < -0.3 is 11.1 Å². The molecule has 1 aromatic heterocycles. The number of nitrogens with one attached hydrogen (secondary N) is 1. The van der Waals surface area contributed by atoms with Crippen molar-refractivity contribution >= 4 is 27.5 Å². The first kappa shape index (κ1) is 13.5. The molecule has 3 N–H and O–H groups in total. The van der Waals surface area contributed by atoms with Crippen LogP contribution in [0, 0.1) is 6.92 Å². The van der Waals surface area contributed by atoms with Gasteiger partial charge in [-0.2, -0.15) is 0 Å². The van der Waals surface area contributed by atoms with Crippen LogP contribution >= 0.6 is 15.9 Å². The predicted molar refractivity (Wildman–Crippen MR) is 76.5 cm³/mol. The van der Waals surface area contributed by atoms with Crippen molar-refractivity contribution in [1.82, 2.24) is 15.3 Å². The SMILES string of the molecule is Cc1nccc(CNC(=O)c2cccc(N)c2Br)n1. The third-order valence-electron chi connectivity index (χ3n) is 2.54. The first-order valence-corrected chi connectivity index (χ1v) is 6.48. The number of anilines is 1. The highest BCUT2D eigenvalue weighted by Crippen LogP contribution is 2.23. The van der Waals surface area contributed by atoms with Crippen molar-refractivity contribution < 1.29 is 4.79 Å². The Kier molecular flexibility index (Phi) is 4.11. The molecule has 0 aliphatic carbocycles. The molecular formula is C13H13BrN4O. The van der Waals surface area contributed by atoms with Gasteiger partial charge in [-0.05, 0) is 41.1 Å². The molecular weight excluding hydrogens is 308 g/mol. The summed E-state index contributed by atoms with van der Waals surface area (Å²) in [5.41, 5.74) is 7.54. The Morgan fingerprint density at radius 3 is 2.95 bits per heavy atom. The minimum atomic E-state index is -0.199. The van der Waals surface area contributed by atoms with Crippen LogP contribution in [0.5, 0.6) is 0 Å². The lowest BCUT2D eigenvalue weighted by Gasteiger charge is -2.08. The van der Waals surface area contributed by atoms with Gasteiger partial charge in [0.15, 0.2) is 0 Å². The van der Waals surface area contributed by atoms with Crippen LogP contribution < -0.4 is 11.1 Å². The van der Waals surface area contributed by atoms with Gasteiger partial charge in [-0.1, -0.05) is 6.07 Å². The zero-order valence-corrected chi connectivity index (χ0v) is 11.9. The third-order valence-corrected chi connectivity index (χ3v) is 3.42. The number of carbonyl (C=O) groups is 1. The molecule has 19 heavy (non-hydrogen) atoms. The fourth-order valence-electron chi connectivity index (χ4n) is 1.59. The predicted octanol–water partition coefficient (Wildman–Crippen LogP) is 2.06. The van der Waals surface area contributed by atoms with Gasteiger partial charge >= 0.3 is 0 Å². The van der Waals surface area contributed by atoms with Crippen LogP contribution in [0.1, 0.15) is 21.9 Å². The molecule has 0 atom stereocenters. The van der Waals surface area contributed by atoms with Crippen LogP contribution in [0.4, 0.5) is 5.69 Å². The Hall–Kier alpha value is -1.95. The number of amides is 1. The first-order chi connectivity index (χ1) is 9.08. The van der Waals surface area contributed by atoms with E-state index in [1.54, 1.807) is 37.4 Å². The molecule has 0 radical (unpaired) electrons. The van der Waals surface area contributed by atoms with Gasteiger partial charge in [0.25, 0.3) is 5.91 Å². The van der Waals surface area contributed by atoms with Crippen molar-refractivity contribution in [1.29, 1.82) is 0 Å². The van der Waals surface area contributed by atoms with Crippen molar-refractivity contribution in [3.8, 4) is 0 Å². The Morgan fingerprint density at radius 1 is 1.42 bits per heavy atom. The van der Waals surface area contributed by atoms with Crippen LogP contribution in [0.15, 0.2) is 34.9 Å². The second-order valence-corrected chi connectivity index (χ2v) is 4.78. The van der Waals surface area contributed by atoms with Gasteiger partial charge in [-0.3, -0.25) is 4.79 Å². The van der Waals surface area contributed by atoms with Crippen LogP contribution in [-0.4, -0.2) is 15.9 Å². The number of nitrogens with zero attached hydrogens (tertiary/aromatic N) is 2. The lowest BCUT2D eigenvalue weighted by atomic mass is 10.2. The Morgan fingerprint density at radius 2 is 2.21 bits per heavy atom. The number of aryl methyl sites for hydroxylation is 1. The van der Waals surface area contributed by atoms with Crippen LogP contribution in [0.3, 0.4) is 0 Å². The molecule has 0 spiro atoms. The molecule has 0 aliphatic rings. The smallest absolute Gasteiger partial charge is 0.252 e. The van der Waals surface area contributed by atoms with E-state index in [0.29, 0.717) is 28.1 Å². The first-order valence-electron chi connectivity index (χ1n) is 5.68. The largest absolute Gasteiger partial charge is 0.398 e. The topological polar surface area (TPSA) is 80.9 Å². The van der Waals surface area contributed by atoms with E-state index < -0.39 is 0 Å². The summed E-state index contributed by atoms with van der Waals surface area (Å²) in [7, 11) is 0. The summed E-state index contributed by atoms with van der Waals surface area (Å²) in [5.74, 6) is 0.479. The maximum absolute atomic E-state index is 12.0. The van der Waals surface area contributed by atoms with E-state index in [1.165, 1.54) is 0 Å². The minimum absolute atomic E-state index is 0.199. The summed E-state index contributed by atoms with van der Waals surface area (Å²) in [5, 5.41) is 2.80. The molecule has 2 rings (SSSR count). The highest BCUT2D eigenvalue weighted by Gasteiger charge is 2.11. The molecule has 0 unspecified atom stereocenters. The van der Waals surface area contributed by atoms with Crippen molar-refractivity contribution in [3.05, 3.63) is 52.0 Å². The van der Waals surface area contributed by atoms with Crippen LogP contribution in [-0.2, 0) is 6.54 Å². The van der Waals surface area contributed by atoms with E-state index in [9.17, 15) is 4.79 Å². The molecule has 0 bridgehead atoms. The van der Waals surface area contributed by atoms with Gasteiger partial charge in [-0.25, -0.2) is 9.97 Å². The second kappa shape index (κ2) is 5.79. The third kappa shape index (κ3) is 3.29. The number of nitrogens with two attached hydrogens (primary N) is 1. The average Bonchev–Trinajstić information content (AvgIpc) is 2.39. The van der Waals surface area contributed by atoms with Gasteiger partial charge in [-0.15, -0.1) is 0 Å². The molecule has 2 aromatic rings. The zero-order chi connectivity index (χ0) is 13.8. The van der Waals surface area contributed by atoms with Crippen molar-refractivity contribution in [2.45, 2.75) is 13.5 Å². The fourth-order valence-corrected chi connectivity index (χ4v) is 2.04. The normalized spacial score (nSPS) is 10.2. The summed E-state index contributed by atoms with van der Waals surface area (Å²) < 4.78 is 0.603. The molecule has 0 saturated heterocycles. The Labute approximate surface area is 119 Å². The quantitative estimate of drug-likeness (QED) is 0.848. The van der Waals surface area contributed by atoms with Gasteiger partial charge in [0.1, 0.15) is 5.82 Å². The van der Waals surface area contributed by atoms with E-state index in [-0.39, 0.29) is 5.91 Å². The van der Waals surface area contributed by atoms with E-state index >= 15 is 0 Å². The number of halogens is 1. The van der Waals surface area contributed by atoms with Gasteiger partial charge in [0, 0.05) is 11.9 Å². The summed E-state index contributed by atoms with van der Waals surface area (Å²) in [6.45, 7) is 2.16. The lowest BCUT2D eigenvalue weighted by molar-refractivity contribution is 0.0949. The summed E-state index contributed by atoms with van der Waals surface area (Å²) >= 11 is 3.31. The molecule has 98 valence electrons. The standard InChI is InChI=1S/C13H13BrN4O/c1-8-16-6-5-9(18-8)7-17-13(19)10-3-2-4-11(15)12(10)14/h2-6H,7,15H2,1H3,(H,17,19). The fraction of sp³-hybridized carbons (Fsp3) is 0.154. The Bertz CT molecular complexity index is 615. The second-order valence-electron chi connectivity index (χ2n) is 3.99. The number of hydrogen-bond donors (Lipinski definition) is 2. The van der Waals surface area contributed by atoms with Crippen molar-refractivity contribution in [3.63, 3.8) is 0 Å². The summed E-state index contributed by atoms with van der Waals surface area (Å²) in [6, 6.07) is 6.95. The zero-order valence-electron chi connectivity index (χ0n) is 10.4. The lowest BCUT2D eigenvalue weighted by Crippen LogP contribution is -2.24. The van der Waals surface area contributed by atoms with E-state index in [2.05, 4.69) is 31.2 Å². The van der Waals surface area contributed by atoms with E-state index in [4.69, 9.17) is 5.73 Å². The number of hydrogen-bond acceptors (Lipinski definition) is 4. The number of carbonyl (C=O) groups excluding carboxylic acids is 1. The highest BCUT2D eigenvalue weighted by atomic mass is 79.9. The van der Waals surface area contributed by atoms with Gasteiger partial charge in [0.2, 0.25) is 0 Å². The van der Waals surface area contributed by atoms with Crippen LogP contribution in [0.25, 0.3) is 0 Å². The maximum atomic E-state index is 12.0. The van der Waals surface area contributed by atoms with Crippen molar-refractivity contribution in [2.75, 3.05) is 5.73 Å². The number of nitrogen functional groups attached to an aromatic ring is 1. The van der Waals surface area contributed by atoms with E-state index in [0.717, 1.165) is 5.69 Å². The molecule has 0 saturated carbocycles. The number of benzene rings is 1. The molecule has 6 heteroatoms. The molecule has 1 amide bonds. The minimum Gasteiger partial charge on any atom is -0.398 e.